The molecule has 0 saturated carbocycles. The number of hydrogen-bond acceptors (Lipinski definition) is 5. The molecule has 1 aromatic heterocycles. The molecule has 3 unspecified atom stereocenters. The first kappa shape index (κ1) is 13.5. The van der Waals surface area contributed by atoms with E-state index in [4.69, 9.17) is 4.52 Å². The third-order valence-corrected chi connectivity index (χ3v) is 4.08. The van der Waals surface area contributed by atoms with E-state index < -0.39 is 0 Å². The molecule has 0 amide bonds. The maximum Gasteiger partial charge on any atom is 0.223 e. The third kappa shape index (κ3) is 2.90. The van der Waals surface area contributed by atoms with Crippen LogP contribution in [0.5, 0.6) is 0 Å². The van der Waals surface area contributed by atoms with Gasteiger partial charge in [0.1, 0.15) is 0 Å². The monoisotopic (exact) mass is 252 g/mol. The molecule has 1 saturated heterocycles. The van der Waals surface area contributed by atoms with Crippen molar-refractivity contribution in [3.8, 4) is 0 Å². The van der Waals surface area contributed by atoms with Crippen LogP contribution in [-0.2, 0) is 6.54 Å². The second kappa shape index (κ2) is 5.80. The lowest BCUT2D eigenvalue weighted by molar-refractivity contribution is 0.0761. The molecular formula is C13H24N4O. The second-order valence-corrected chi connectivity index (χ2v) is 5.25. The molecule has 0 aromatic carbocycles. The average molecular weight is 252 g/mol. The van der Waals surface area contributed by atoms with Crippen molar-refractivity contribution in [2.75, 3.05) is 13.1 Å². The fraction of sp³-hybridized carbons (Fsp3) is 0.846. The van der Waals surface area contributed by atoms with Gasteiger partial charge in [0.15, 0.2) is 5.82 Å². The van der Waals surface area contributed by atoms with E-state index >= 15 is 0 Å². The largest absolute Gasteiger partial charge is 0.340 e. The van der Waals surface area contributed by atoms with Crippen LogP contribution < -0.4 is 5.32 Å². The van der Waals surface area contributed by atoms with Gasteiger partial charge in [-0.1, -0.05) is 19.0 Å². The first-order valence-corrected chi connectivity index (χ1v) is 6.88. The first-order valence-electron chi connectivity index (χ1n) is 6.88. The molecule has 102 valence electrons. The minimum atomic E-state index is 0.543. The molecule has 5 heteroatoms. The van der Waals surface area contributed by atoms with Gasteiger partial charge >= 0.3 is 0 Å². The number of piperidine rings is 1. The molecule has 0 spiro atoms. The van der Waals surface area contributed by atoms with E-state index in [2.05, 4.69) is 41.1 Å². The number of aromatic nitrogens is 2. The van der Waals surface area contributed by atoms with Gasteiger partial charge in [0, 0.05) is 25.6 Å². The summed E-state index contributed by atoms with van der Waals surface area (Å²) in [5.41, 5.74) is 0. The zero-order valence-electron chi connectivity index (χ0n) is 11.8. The van der Waals surface area contributed by atoms with Crippen molar-refractivity contribution < 1.29 is 4.52 Å². The zero-order chi connectivity index (χ0) is 13.1. The molecule has 1 aliphatic heterocycles. The van der Waals surface area contributed by atoms with Crippen molar-refractivity contribution in [2.24, 2.45) is 5.92 Å². The van der Waals surface area contributed by atoms with E-state index in [1.54, 1.807) is 0 Å². The number of nitrogens with one attached hydrogen (secondary N) is 1. The molecule has 0 radical (unpaired) electrons. The first-order chi connectivity index (χ1) is 8.61. The summed E-state index contributed by atoms with van der Waals surface area (Å²) >= 11 is 0. The van der Waals surface area contributed by atoms with E-state index in [0.717, 1.165) is 25.5 Å². The molecule has 1 aromatic rings. The molecule has 1 aliphatic rings. The summed E-state index contributed by atoms with van der Waals surface area (Å²) in [6.07, 6.45) is 1.19. The predicted octanol–water partition coefficient (Wildman–Crippen LogP) is 1.59. The number of aryl methyl sites for hydroxylation is 1. The van der Waals surface area contributed by atoms with Gasteiger partial charge in [-0.2, -0.15) is 4.98 Å². The van der Waals surface area contributed by atoms with Crippen LogP contribution in [0.3, 0.4) is 0 Å². The molecular weight excluding hydrogens is 228 g/mol. The zero-order valence-corrected chi connectivity index (χ0v) is 11.8. The summed E-state index contributed by atoms with van der Waals surface area (Å²) < 4.78 is 5.03. The van der Waals surface area contributed by atoms with Gasteiger partial charge in [0.05, 0.1) is 6.54 Å². The number of nitrogens with zero attached hydrogens (tertiary/aromatic N) is 3. The van der Waals surface area contributed by atoms with Crippen LogP contribution in [0.4, 0.5) is 0 Å². The van der Waals surface area contributed by atoms with Crippen molar-refractivity contribution in [3.05, 3.63) is 11.7 Å². The van der Waals surface area contributed by atoms with Crippen LogP contribution in [0.2, 0.25) is 0 Å². The van der Waals surface area contributed by atoms with Crippen LogP contribution in [0.25, 0.3) is 0 Å². The van der Waals surface area contributed by atoms with Crippen LogP contribution in [-0.4, -0.2) is 40.2 Å². The Morgan fingerprint density at radius 1 is 1.44 bits per heavy atom. The Hall–Kier alpha value is -0.940. The fourth-order valence-electron chi connectivity index (χ4n) is 2.80. The lowest BCUT2D eigenvalue weighted by atomic mass is 9.87. The van der Waals surface area contributed by atoms with Crippen molar-refractivity contribution in [1.82, 2.24) is 20.4 Å². The topological polar surface area (TPSA) is 54.2 Å². The lowest BCUT2D eigenvalue weighted by Crippen LogP contribution is -2.53. The highest BCUT2D eigenvalue weighted by molar-refractivity contribution is 4.92. The van der Waals surface area contributed by atoms with Crippen LogP contribution in [0.1, 0.15) is 38.9 Å². The summed E-state index contributed by atoms with van der Waals surface area (Å²) in [7, 11) is 0. The smallest absolute Gasteiger partial charge is 0.223 e. The van der Waals surface area contributed by atoms with E-state index in [-0.39, 0.29) is 0 Å². The highest BCUT2D eigenvalue weighted by atomic mass is 16.5. The second-order valence-electron chi connectivity index (χ2n) is 5.25. The van der Waals surface area contributed by atoms with Crippen LogP contribution in [0, 0.1) is 12.8 Å². The van der Waals surface area contributed by atoms with Gasteiger partial charge < -0.3 is 9.84 Å². The Kier molecular flexibility index (Phi) is 4.35. The fourth-order valence-corrected chi connectivity index (χ4v) is 2.80. The molecule has 1 N–H and O–H groups in total. The molecule has 18 heavy (non-hydrogen) atoms. The van der Waals surface area contributed by atoms with E-state index in [1.165, 1.54) is 6.42 Å². The number of likely N-dealkylation sites (tertiary alicyclic amines) is 1. The molecule has 1 fully saturated rings. The highest BCUT2D eigenvalue weighted by Crippen LogP contribution is 2.24. The normalized spacial score (nSPS) is 29.7. The number of hydrogen-bond donors (Lipinski definition) is 1. The molecule has 2 rings (SSSR count). The predicted molar refractivity (Wildman–Crippen MR) is 70.2 cm³/mol. The summed E-state index contributed by atoms with van der Waals surface area (Å²) in [5.74, 6) is 2.09. The summed E-state index contributed by atoms with van der Waals surface area (Å²) in [4.78, 5) is 6.73. The Balaban J connectivity index is 1.95. The molecule has 3 atom stereocenters. The maximum absolute atomic E-state index is 5.03. The molecule has 2 heterocycles. The Morgan fingerprint density at radius 2 is 2.22 bits per heavy atom. The van der Waals surface area contributed by atoms with Gasteiger partial charge in [-0.05, 0) is 25.8 Å². The van der Waals surface area contributed by atoms with Crippen molar-refractivity contribution in [3.63, 3.8) is 0 Å². The van der Waals surface area contributed by atoms with Crippen LogP contribution >= 0.6 is 0 Å². The Bertz CT molecular complexity index is 379. The van der Waals surface area contributed by atoms with Crippen LogP contribution in [0.15, 0.2) is 4.52 Å². The van der Waals surface area contributed by atoms with Gasteiger partial charge in [-0.15, -0.1) is 0 Å². The summed E-state index contributed by atoms with van der Waals surface area (Å²) in [5, 5.41) is 7.56. The standard InChI is InChI=1S/C13H24N4O/c1-5-14-12-6-7-17(10(3)9(12)2)8-13-15-11(4)18-16-13/h9-10,12,14H,5-8H2,1-4H3. The van der Waals surface area contributed by atoms with E-state index in [0.29, 0.717) is 23.9 Å². The Morgan fingerprint density at radius 3 is 2.83 bits per heavy atom. The van der Waals surface area contributed by atoms with Crippen molar-refractivity contribution in [1.29, 1.82) is 0 Å². The molecule has 5 nitrogen and oxygen atoms in total. The van der Waals surface area contributed by atoms with E-state index in [1.807, 2.05) is 6.92 Å². The highest BCUT2D eigenvalue weighted by Gasteiger charge is 2.32. The SMILES string of the molecule is CCNC1CCN(Cc2noc(C)n2)C(C)C1C. The number of rotatable bonds is 4. The minimum absolute atomic E-state index is 0.543. The summed E-state index contributed by atoms with van der Waals surface area (Å²) in [6.45, 7) is 11.6. The Labute approximate surface area is 109 Å². The molecule has 0 aliphatic carbocycles. The quantitative estimate of drug-likeness (QED) is 0.882. The van der Waals surface area contributed by atoms with Gasteiger partial charge in [-0.3, -0.25) is 4.90 Å². The van der Waals surface area contributed by atoms with Crippen molar-refractivity contribution >= 4 is 0 Å². The average Bonchev–Trinajstić information content (AvgIpc) is 2.75. The van der Waals surface area contributed by atoms with E-state index in [9.17, 15) is 0 Å². The lowest BCUT2D eigenvalue weighted by Gasteiger charge is -2.42. The van der Waals surface area contributed by atoms with Gasteiger partial charge in [-0.25, -0.2) is 0 Å². The van der Waals surface area contributed by atoms with Gasteiger partial charge in [0.2, 0.25) is 5.89 Å². The third-order valence-electron chi connectivity index (χ3n) is 4.08. The van der Waals surface area contributed by atoms with Crippen molar-refractivity contribution in [2.45, 2.75) is 52.7 Å². The van der Waals surface area contributed by atoms with Gasteiger partial charge in [0.25, 0.3) is 0 Å². The molecule has 0 bridgehead atoms. The maximum atomic E-state index is 5.03. The minimum Gasteiger partial charge on any atom is -0.340 e. The summed E-state index contributed by atoms with van der Waals surface area (Å²) in [6, 6.07) is 1.18.